The zero-order valence-electron chi connectivity index (χ0n) is 14.1. The summed E-state index contributed by atoms with van der Waals surface area (Å²) in [5.41, 5.74) is 8.42. The highest BCUT2D eigenvalue weighted by Gasteiger charge is 2.39. The Balaban J connectivity index is 2.83. The number of nitrogens with zero attached hydrogens (tertiary/aromatic N) is 1. The van der Waals surface area contributed by atoms with Crippen LogP contribution in [0.3, 0.4) is 0 Å². The van der Waals surface area contributed by atoms with Gasteiger partial charge in [0.05, 0.1) is 15.4 Å². The lowest BCUT2D eigenvalue weighted by Crippen LogP contribution is -2.24. The molecular formula is C17H16F3N3O3S. The van der Waals surface area contributed by atoms with Crippen molar-refractivity contribution in [1.29, 1.82) is 0 Å². The van der Waals surface area contributed by atoms with E-state index in [1.54, 1.807) is 6.92 Å². The Morgan fingerprint density at radius 2 is 1.70 bits per heavy atom. The van der Waals surface area contributed by atoms with E-state index >= 15 is 0 Å². The number of nitrogens with two attached hydrogens (primary N) is 2. The average Bonchev–Trinajstić information content (AvgIpc) is 2.59. The van der Waals surface area contributed by atoms with Crippen LogP contribution in [0.15, 0.2) is 57.2 Å². The molecule has 0 saturated carbocycles. The van der Waals surface area contributed by atoms with Gasteiger partial charge in [-0.1, -0.05) is 25.1 Å². The number of aryl methyl sites for hydroxylation is 1. The molecule has 144 valence electrons. The topological polar surface area (TPSA) is 116 Å². The second kappa shape index (κ2) is 7.39. The van der Waals surface area contributed by atoms with Crippen molar-refractivity contribution in [2.75, 3.05) is 0 Å². The van der Waals surface area contributed by atoms with E-state index in [9.17, 15) is 26.4 Å². The number of alkyl halides is 3. The van der Waals surface area contributed by atoms with Crippen LogP contribution >= 0.6 is 0 Å². The normalized spacial score (nSPS) is 11.9. The molecule has 0 aliphatic heterocycles. The predicted molar refractivity (Wildman–Crippen MR) is 92.9 cm³/mol. The van der Waals surface area contributed by atoms with Crippen LogP contribution in [-0.4, -0.2) is 20.3 Å². The molecule has 0 aromatic heterocycles. The number of hydrogen-bond acceptors (Lipinski definition) is 3. The zero-order chi connectivity index (χ0) is 20.4. The molecule has 0 aliphatic carbocycles. The third-order valence-electron chi connectivity index (χ3n) is 3.70. The van der Waals surface area contributed by atoms with Gasteiger partial charge in [-0.15, -0.1) is 0 Å². The van der Waals surface area contributed by atoms with Gasteiger partial charge in [-0.05, 0) is 36.2 Å². The number of aliphatic imine (C=N–C) groups is 1. The first-order valence-electron chi connectivity index (χ1n) is 7.66. The molecule has 6 nitrogen and oxygen atoms in total. The van der Waals surface area contributed by atoms with E-state index in [1.807, 2.05) is 0 Å². The zero-order valence-corrected chi connectivity index (χ0v) is 14.9. The average molecular weight is 399 g/mol. The van der Waals surface area contributed by atoms with Crippen LogP contribution in [0.5, 0.6) is 0 Å². The molecule has 4 N–H and O–H groups in total. The number of sulfone groups is 1. The number of benzene rings is 2. The van der Waals surface area contributed by atoms with E-state index in [1.165, 1.54) is 30.3 Å². The highest BCUT2D eigenvalue weighted by molar-refractivity contribution is 7.91. The van der Waals surface area contributed by atoms with Gasteiger partial charge in [0.1, 0.15) is 0 Å². The predicted octanol–water partition coefficient (Wildman–Crippen LogP) is 2.51. The Hall–Kier alpha value is -2.88. The molecule has 10 heteroatoms. The Morgan fingerprint density at radius 1 is 1.11 bits per heavy atom. The first-order valence-corrected chi connectivity index (χ1v) is 9.15. The summed E-state index contributed by atoms with van der Waals surface area (Å²) in [5, 5.41) is 0. The number of rotatable bonds is 4. The van der Waals surface area contributed by atoms with Crippen LogP contribution in [0.1, 0.15) is 28.4 Å². The van der Waals surface area contributed by atoms with Crippen molar-refractivity contribution in [3.63, 3.8) is 0 Å². The lowest BCUT2D eigenvalue weighted by molar-refractivity contribution is -0.139. The van der Waals surface area contributed by atoms with E-state index in [4.69, 9.17) is 11.5 Å². The molecule has 2 aromatic rings. The first-order chi connectivity index (χ1) is 12.5. The monoisotopic (exact) mass is 399 g/mol. The number of halogens is 3. The molecular weight excluding hydrogens is 383 g/mol. The Morgan fingerprint density at radius 3 is 2.19 bits per heavy atom. The summed E-state index contributed by atoms with van der Waals surface area (Å²) < 4.78 is 66.3. The van der Waals surface area contributed by atoms with Gasteiger partial charge in [0.15, 0.2) is 5.96 Å². The largest absolute Gasteiger partial charge is 0.417 e. The van der Waals surface area contributed by atoms with E-state index in [-0.39, 0.29) is 16.9 Å². The summed E-state index contributed by atoms with van der Waals surface area (Å²) in [6.45, 7) is 1.56. The van der Waals surface area contributed by atoms with Gasteiger partial charge in [-0.3, -0.25) is 4.79 Å². The summed E-state index contributed by atoms with van der Waals surface area (Å²) >= 11 is 0. The number of guanidine groups is 1. The fourth-order valence-electron chi connectivity index (χ4n) is 2.46. The maximum Gasteiger partial charge on any atom is 0.417 e. The summed E-state index contributed by atoms with van der Waals surface area (Å²) in [5.74, 6) is -1.70. The second-order valence-corrected chi connectivity index (χ2v) is 7.43. The fraction of sp³-hybridized carbons (Fsp3) is 0.176. The smallest absolute Gasteiger partial charge is 0.370 e. The minimum absolute atomic E-state index is 0.0764. The molecule has 0 spiro atoms. The molecule has 0 fully saturated rings. The van der Waals surface area contributed by atoms with Crippen LogP contribution in [0.4, 0.5) is 13.2 Å². The lowest BCUT2D eigenvalue weighted by Gasteiger charge is -2.17. The molecule has 0 radical (unpaired) electrons. The van der Waals surface area contributed by atoms with Crippen LogP contribution in [0, 0.1) is 0 Å². The highest BCUT2D eigenvalue weighted by Crippen LogP contribution is 2.38. The van der Waals surface area contributed by atoms with Crippen LogP contribution in [0.2, 0.25) is 0 Å². The quantitative estimate of drug-likeness (QED) is 0.605. The van der Waals surface area contributed by atoms with E-state index in [0.29, 0.717) is 6.07 Å². The molecule has 0 unspecified atom stereocenters. The third kappa shape index (κ3) is 4.27. The van der Waals surface area contributed by atoms with Gasteiger partial charge in [-0.2, -0.15) is 18.2 Å². The maximum atomic E-state index is 13.6. The third-order valence-corrected chi connectivity index (χ3v) is 5.51. The number of carbonyl (C=O) groups excluding carboxylic acids is 1. The van der Waals surface area contributed by atoms with Crippen molar-refractivity contribution in [3.05, 3.63) is 59.2 Å². The molecule has 0 aliphatic rings. The summed E-state index contributed by atoms with van der Waals surface area (Å²) in [7, 11) is -4.47. The van der Waals surface area contributed by atoms with Gasteiger partial charge in [0, 0.05) is 5.56 Å². The fourth-order valence-corrected chi connectivity index (χ4v) is 3.99. The highest BCUT2D eigenvalue weighted by atomic mass is 32.2. The molecule has 0 saturated heterocycles. The van der Waals surface area contributed by atoms with Gasteiger partial charge < -0.3 is 11.5 Å². The molecule has 27 heavy (non-hydrogen) atoms. The minimum Gasteiger partial charge on any atom is -0.370 e. The summed E-state index contributed by atoms with van der Waals surface area (Å²) in [4.78, 5) is 14.1. The molecule has 2 rings (SSSR count). The molecule has 0 heterocycles. The van der Waals surface area contributed by atoms with Gasteiger partial charge in [0.25, 0.3) is 5.91 Å². The SMILES string of the molecule is CCc1cc(S(=O)(=O)c2ccccc2)c(C(F)(F)F)cc1C(=O)N=C(N)N. The molecule has 0 atom stereocenters. The van der Waals surface area contributed by atoms with Crippen molar-refractivity contribution >= 4 is 21.7 Å². The molecule has 2 aromatic carbocycles. The van der Waals surface area contributed by atoms with Gasteiger partial charge in [-0.25, -0.2) is 8.42 Å². The first kappa shape index (κ1) is 20.4. The van der Waals surface area contributed by atoms with Crippen molar-refractivity contribution in [2.45, 2.75) is 29.3 Å². The van der Waals surface area contributed by atoms with Crippen molar-refractivity contribution in [2.24, 2.45) is 16.5 Å². The standard InChI is InChI=1S/C17H16F3N3O3S/c1-2-10-8-14(27(25,26)11-6-4-3-5-7-11)13(17(18,19)20)9-12(10)15(24)23-16(21)22/h3-9H,2H2,1H3,(H4,21,22,23,24). The van der Waals surface area contributed by atoms with E-state index in [2.05, 4.69) is 4.99 Å². The van der Waals surface area contributed by atoms with E-state index in [0.717, 1.165) is 6.07 Å². The van der Waals surface area contributed by atoms with E-state index < -0.39 is 43.9 Å². The van der Waals surface area contributed by atoms with Crippen LogP contribution in [-0.2, 0) is 22.4 Å². The Labute approximate surface area is 153 Å². The second-order valence-electron chi connectivity index (χ2n) is 5.52. The minimum atomic E-state index is -5.02. The van der Waals surface area contributed by atoms with Gasteiger partial charge >= 0.3 is 6.18 Å². The summed E-state index contributed by atoms with van der Waals surface area (Å²) in [6.07, 6.45) is -4.92. The molecule has 0 bridgehead atoms. The lowest BCUT2D eigenvalue weighted by atomic mass is 10.0. The maximum absolute atomic E-state index is 13.6. The Kier molecular flexibility index (Phi) is 5.59. The van der Waals surface area contributed by atoms with Crippen molar-refractivity contribution in [3.8, 4) is 0 Å². The van der Waals surface area contributed by atoms with Crippen molar-refractivity contribution < 1.29 is 26.4 Å². The van der Waals surface area contributed by atoms with Crippen LogP contribution < -0.4 is 11.5 Å². The van der Waals surface area contributed by atoms with Crippen LogP contribution in [0.25, 0.3) is 0 Å². The Bertz CT molecular complexity index is 997. The summed E-state index contributed by atoms with van der Waals surface area (Å²) in [6, 6.07) is 8.05. The number of amides is 1. The van der Waals surface area contributed by atoms with Crippen molar-refractivity contribution in [1.82, 2.24) is 0 Å². The molecule has 1 amide bonds. The van der Waals surface area contributed by atoms with Gasteiger partial charge in [0.2, 0.25) is 9.84 Å². The number of hydrogen-bond donors (Lipinski definition) is 2. The number of carbonyl (C=O) groups is 1.